The van der Waals surface area contributed by atoms with Gasteiger partial charge in [-0.2, -0.15) is 0 Å². The van der Waals surface area contributed by atoms with Crippen LogP contribution in [0.4, 0.5) is 0 Å². The third-order valence-electron chi connectivity index (χ3n) is 2.73. The van der Waals surface area contributed by atoms with Crippen molar-refractivity contribution in [2.24, 2.45) is 5.11 Å². The van der Waals surface area contributed by atoms with E-state index in [-0.39, 0.29) is 6.04 Å². The molecule has 1 unspecified atom stereocenters. The van der Waals surface area contributed by atoms with Gasteiger partial charge in [0.1, 0.15) is 0 Å². The largest absolute Gasteiger partial charge is 0.0859 e. The molecule has 0 aliphatic rings. The first kappa shape index (κ1) is 12.6. The minimum atomic E-state index is -0.00264. The zero-order valence-corrected chi connectivity index (χ0v) is 10.1. The van der Waals surface area contributed by atoms with Crippen LogP contribution in [0, 0.1) is 6.92 Å². The maximum Gasteiger partial charge on any atom is 0.0625 e. The Kier molecular flexibility index (Phi) is 5.44. The quantitative estimate of drug-likeness (QED) is 0.281. The van der Waals surface area contributed by atoms with Gasteiger partial charge in [-0.1, -0.05) is 61.1 Å². The van der Waals surface area contributed by atoms with Crippen LogP contribution in [-0.4, -0.2) is 0 Å². The van der Waals surface area contributed by atoms with Gasteiger partial charge in [0.25, 0.3) is 0 Å². The van der Waals surface area contributed by atoms with Crippen LogP contribution in [0.25, 0.3) is 10.4 Å². The fourth-order valence-electron chi connectivity index (χ4n) is 1.73. The standard InChI is InChI=1S/C13H19N3/c1-3-4-5-6-13(15-16-14)12-9-7-11(2)8-10-12/h7-10,13H,3-6H2,1-2H3. The van der Waals surface area contributed by atoms with Gasteiger partial charge in [0.2, 0.25) is 0 Å². The van der Waals surface area contributed by atoms with Crippen LogP contribution < -0.4 is 0 Å². The Labute approximate surface area is 97.1 Å². The summed E-state index contributed by atoms with van der Waals surface area (Å²) in [7, 11) is 0. The molecule has 0 aliphatic heterocycles. The highest BCUT2D eigenvalue weighted by Gasteiger charge is 2.08. The summed E-state index contributed by atoms with van der Waals surface area (Å²) in [6.45, 7) is 4.23. The number of rotatable bonds is 6. The van der Waals surface area contributed by atoms with Crippen molar-refractivity contribution in [2.45, 2.75) is 45.6 Å². The van der Waals surface area contributed by atoms with E-state index in [4.69, 9.17) is 5.53 Å². The van der Waals surface area contributed by atoms with Gasteiger partial charge in [0.05, 0.1) is 6.04 Å². The molecule has 0 bridgehead atoms. The molecule has 3 heteroatoms. The van der Waals surface area contributed by atoms with Crippen LogP contribution in [0.15, 0.2) is 29.4 Å². The molecular formula is C13H19N3. The zero-order valence-electron chi connectivity index (χ0n) is 10.1. The topological polar surface area (TPSA) is 48.8 Å². The Morgan fingerprint density at radius 1 is 1.25 bits per heavy atom. The smallest absolute Gasteiger partial charge is 0.0625 e. The highest BCUT2D eigenvalue weighted by Crippen LogP contribution is 2.24. The molecule has 0 N–H and O–H groups in total. The Morgan fingerprint density at radius 2 is 1.94 bits per heavy atom. The van der Waals surface area contributed by atoms with E-state index >= 15 is 0 Å². The molecule has 1 aromatic rings. The monoisotopic (exact) mass is 217 g/mol. The minimum absolute atomic E-state index is 0.00264. The normalized spacial score (nSPS) is 11.9. The molecule has 0 saturated heterocycles. The highest BCUT2D eigenvalue weighted by atomic mass is 15.1. The van der Waals surface area contributed by atoms with Crippen molar-refractivity contribution in [1.29, 1.82) is 0 Å². The molecule has 0 amide bonds. The summed E-state index contributed by atoms with van der Waals surface area (Å²) >= 11 is 0. The van der Waals surface area contributed by atoms with Crippen LogP contribution in [0.5, 0.6) is 0 Å². The van der Waals surface area contributed by atoms with Crippen LogP contribution in [0.3, 0.4) is 0 Å². The van der Waals surface area contributed by atoms with Crippen LogP contribution >= 0.6 is 0 Å². The molecule has 86 valence electrons. The van der Waals surface area contributed by atoms with E-state index in [1.165, 1.54) is 18.4 Å². The second-order valence-corrected chi connectivity index (χ2v) is 4.13. The zero-order chi connectivity index (χ0) is 11.8. The van der Waals surface area contributed by atoms with Gasteiger partial charge < -0.3 is 0 Å². The van der Waals surface area contributed by atoms with E-state index in [9.17, 15) is 0 Å². The Balaban J connectivity index is 2.69. The number of hydrogen-bond acceptors (Lipinski definition) is 1. The molecule has 0 spiro atoms. The predicted molar refractivity (Wildman–Crippen MR) is 67.2 cm³/mol. The van der Waals surface area contributed by atoms with Crippen molar-refractivity contribution < 1.29 is 0 Å². The van der Waals surface area contributed by atoms with Crippen LogP contribution in [0.1, 0.15) is 49.8 Å². The number of benzene rings is 1. The molecule has 1 aromatic carbocycles. The van der Waals surface area contributed by atoms with Crippen LogP contribution in [-0.2, 0) is 0 Å². The second-order valence-electron chi connectivity index (χ2n) is 4.13. The van der Waals surface area contributed by atoms with E-state index in [0.717, 1.165) is 18.4 Å². The van der Waals surface area contributed by atoms with Crippen LogP contribution in [0.2, 0.25) is 0 Å². The van der Waals surface area contributed by atoms with Gasteiger partial charge in [-0.15, -0.1) is 0 Å². The molecule has 1 atom stereocenters. The van der Waals surface area contributed by atoms with Gasteiger partial charge in [0.15, 0.2) is 0 Å². The molecule has 0 aliphatic carbocycles. The fourth-order valence-corrected chi connectivity index (χ4v) is 1.73. The predicted octanol–water partition coefficient (Wildman–Crippen LogP) is 4.93. The van der Waals surface area contributed by atoms with Gasteiger partial charge in [-0.3, -0.25) is 0 Å². The molecule has 0 radical (unpaired) electrons. The lowest BCUT2D eigenvalue weighted by Crippen LogP contribution is -1.94. The minimum Gasteiger partial charge on any atom is -0.0859 e. The first-order valence-electron chi connectivity index (χ1n) is 5.88. The van der Waals surface area contributed by atoms with Crippen molar-refractivity contribution in [3.63, 3.8) is 0 Å². The highest BCUT2D eigenvalue weighted by molar-refractivity contribution is 5.24. The van der Waals surface area contributed by atoms with E-state index in [1.54, 1.807) is 0 Å². The van der Waals surface area contributed by atoms with Crippen molar-refractivity contribution in [3.8, 4) is 0 Å². The molecule has 3 nitrogen and oxygen atoms in total. The van der Waals surface area contributed by atoms with Crippen molar-refractivity contribution in [3.05, 3.63) is 45.8 Å². The Bertz CT molecular complexity index is 350. The first-order valence-corrected chi connectivity index (χ1v) is 5.88. The number of nitrogens with zero attached hydrogens (tertiary/aromatic N) is 3. The molecule has 0 fully saturated rings. The average molecular weight is 217 g/mol. The van der Waals surface area contributed by atoms with Crippen molar-refractivity contribution in [2.75, 3.05) is 0 Å². The van der Waals surface area contributed by atoms with Crippen molar-refractivity contribution >= 4 is 0 Å². The molecular weight excluding hydrogens is 198 g/mol. The summed E-state index contributed by atoms with van der Waals surface area (Å²) in [5, 5.41) is 3.88. The molecule has 0 saturated carbocycles. The lowest BCUT2D eigenvalue weighted by molar-refractivity contribution is 0.579. The van der Waals surface area contributed by atoms with E-state index in [0.29, 0.717) is 0 Å². The molecule has 16 heavy (non-hydrogen) atoms. The molecule has 1 rings (SSSR count). The van der Waals surface area contributed by atoms with Gasteiger partial charge in [0, 0.05) is 4.91 Å². The third-order valence-corrected chi connectivity index (χ3v) is 2.73. The number of unbranched alkanes of at least 4 members (excludes halogenated alkanes) is 2. The SMILES string of the molecule is CCCCCC(N=[N+]=[N-])c1ccc(C)cc1. The van der Waals surface area contributed by atoms with Gasteiger partial charge in [-0.25, -0.2) is 0 Å². The molecule has 0 aromatic heterocycles. The number of azide groups is 1. The molecule has 0 heterocycles. The van der Waals surface area contributed by atoms with Gasteiger partial charge >= 0.3 is 0 Å². The van der Waals surface area contributed by atoms with Crippen molar-refractivity contribution in [1.82, 2.24) is 0 Å². The lowest BCUT2D eigenvalue weighted by Gasteiger charge is -2.11. The lowest BCUT2D eigenvalue weighted by atomic mass is 10.0. The summed E-state index contributed by atoms with van der Waals surface area (Å²) in [6, 6.07) is 8.24. The van der Waals surface area contributed by atoms with E-state index in [2.05, 4.69) is 48.1 Å². The van der Waals surface area contributed by atoms with E-state index in [1.807, 2.05) is 0 Å². The van der Waals surface area contributed by atoms with E-state index < -0.39 is 0 Å². The summed E-state index contributed by atoms with van der Waals surface area (Å²) < 4.78 is 0. The summed E-state index contributed by atoms with van der Waals surface area (Å²) in [4.78, 5) is 2.94. The Hall–Kier alpha value is -1.47. The van der Waals surface area contributed by atoms with Gasteiger partial charge in [-0.05, 0) is 24.4 Å². The summed E-state index contributed by atoms with van der Waals surface area (Å²) in [5.41, 5.74) is 10.9. The number of aryl methyl sites for hydroxylation is 1. The summed E-state index contributed by atoms with van der Waals surface area (Å²) in [5.74, 6) is 0. The second kappa shape index (κ2) is 6.91. The first-order chi connectivity index (χ1) is 7.77. The number of hydrogen-bond donors (Lipinski definition) is 0. The maximum absolute atomic E-state index is 8.57. The third kappa shape index (κ3) is 3.95. The fraction of sp³-hybridized carbons (Fsp3) is 0.538. The Morgan fingerprint density at radius 3 is 2.50 bits per heavy atom. The maximum atomic E-state index is 8.57. The summed E-state index contributed by atoms with van der Waals surface area (Å²) in [6.07, 6.45) is 4.45. The average Bonchev–Trinajstić information content (AvgIpc) is 2.29.